The van der Waals surface area contributed by atoms with Crippen molar-refractivity contribution in [3.05, 3.63) is 53.6 Å². The van der Waals surface area contributed by atoms with Crippen LogP contribution in [0.2, 0.25) is 0 Å². The van der Waals surface area contributed by atoms with Crippen molar-refractivity contribution in [1.82, 2.24) is 9.55 Å². The van der Waals surface area contributed by atoms with Crippen LogP contribution in [0.4, 0.5) is 0 Å². The van der Waals surface area contributed by atoms with E-state index >= 15 is 0 Å². The fourth-order valence-corrected chi connectivity index (χ4v) is 2.32. The fourth-order valence-electron chi connectivity index (χ4n) is 2.32. The highest BCUT2D eigenvalue weighted by atomic mass is 16.3. The van der Waals surface area contributed by atoms with E-state index in [1.165, 1.54) is 5.56 Å². The van der Waals surface area contributed by atoms with Crippen LogP contribution in [0.3, 0.4) is 0 Å². The third-order valence-electron chi connectivity index (χ3n) is 3.58. The standard InChI is InChI=1S/C17H24N2O/c1-5-10-19-12-18-11-15(19)16(20)13-6-8-14(9-7-13)17(2,3)4/h6-9,11-12,16,20H,5,10H2,1-4H3. The van der Waals surface area contributed by atoms with Gasteiger partial charge in [-0.1, -0.05) is 52.0 Å². The summed E-state index contributed by atoms with van der Waals surface area (Å²) < 4.78 is 2.02. The Morgan fingerprint density at radius 3 is 2.40 bits per heavy atom. The number of aliphatic hydroxyl groups excluding tert-OH is 1. The molecule has 0 fully saturated rings. The first kappa shape index (κ1) is 14.8. The van der Waals surface area contributed by atoms with Crippen LogP contribution < -0.4 is 0 Å². The quantitative estimate of drug-likeness (QED) is 0.922. The molecular weight excluding hydrogens is 248 g/mol. The number of rotatable bonds is 4. The molecule has 2 aromatic rings. The number of aryl methyl sites for hydroxylation is 1. The average molecular weight is 272 g/mol. The van der Waals surface area contributed by atoms with Crippen molar-refractivity contribution in [1.29, 1.82) is 0 Å². The summed E-state index contributed by atoms with van der Waals surface area (Å²) in [5.74, 6) is 0. The van der Waals surface area contributed by atoms with E-state index in [2.05, 4.69) is 44.8 Å². The SMILES string of the molecule is CCCn1cncc1C(O)c1ccc(C(C)(C)C)cc1. The fraction of sp³-hybridized carbons (Fsp3) is 0.471. The number of benzene rings is 1. The molecule has 1 aromatic heterocycles. The first-order valence-corrected chi connectivity index (χ1v) is 7.22. The van der Waals surface area contributed by atoms with Gasteiger partial charge >= 0.3 is 0 Å². The van der Waals surface area contributed by atoms with Gasteiger partial charge in [0.15, 0.2) is 0 Å². The Labute approximate surface area is 121 Å². The van der Waals surface area contributed by atoms with Gasteiger partial charge in [0, 0.05) is 6.54 Å². The molecule has 3 heteroatoms. The molecule has 0 spiro atoms. The zero-order valence-electron chi connectivity index (χ0n) is 12.8. The summed E-state index contributed by atoms with van der Waals surface area (Å²) in [6.45, 7) is 9.57. The lowest BCUT2D eigenvalue weighted by molar-refractivity contribution is 0.209. The normalized spacial score (nSPS) is 13.4. The molecule has 0 radical (unpaired) electrons. The molecule has 0 aliphatic carbocycles. The average Bonchev–Trinajstić information content (AvgIpc) is 2.86. The molecule has 1 unspecified atom stereocenters. The summed E-state index contributed by atoms with van der Waals surface area (Å²) in [7, 11) is 0. The van der Waals surface area contributed by atoms with Gasteiger partial charge in [-0.05, 0) is 23.0 Å². The molecule has 0 bridgehead atoms. The Kier molecular flexibility index (Phi) is 4.29. The van der Waals surface area contributed by atoms with Gasteiger partial charge in [0.2, 0.25) is 0 Å². The molecule has 0 aliphatic heterocycles. The lowest BCUT2D eigenvalue weighted by Crippen LogP contribution is -2.12. The Balaban J connectivity index is 2.25. The van der Waals surface area contributed by atoms with E-state index in [4.69, 9.17) is 0 Å². The predicted octanol–water partition coefficient (Wildman–Crippen LogP) is 3.67. The molecule has 1 atom stereocenters. The summed E-state index contributed by atoms with van der Waals surface area (Å²) in [6.07, 6.45) is 3.95. The van der Waals surface area contributed by atoms with Crippen LogP contribution in [0.25, 0.3) is 0 Å². The van der Waals surface area contributed by atoms with Gasteiger partial charge in [-0.2, -0.15) is 0 Å². The molecular formula is C17H24N2O. The van der Waals surface area contributed by atoms with Gasteiger partial charge in [-0.25, -0.2) is 4.98 Å². The highest BCUT2D eigenvalue weighted by Crippen LogP contribution is 2.26. The lowest BCUT2D eigenvalue weighted by atomic mass is 9.86. The molecule has 2 rings (SSSR count). The van der Waals surface area contributed by atoms with E-state index in [1.54, 1.807) is 12.5 Å². The predicted molar refractivity (Wildman–Crippen MR) is 81.7 cm³/mol. The van der Waals surface area contributed by atoms with Crippen molar-refractivity contribution in [2.75, 3.05) is 0 Å². The van der Waals surface area contributed by atoms with E-state index in [1.807, 2.05) is 16.7 Å². The van der Waals surface area contributed by atoms with Crippen LogP contribution in [0.5, 0.6) is 0 Å². The molecule has 0 saturated carbocycles. The van der Waals surface area contributed by atoms with Crippen molar-refractivity contribution in [3.8, 4) is 0 Å². The number of hydrogen-bond donors (Lipinski definition) is 1. The maximum atomic E-state index is 10.5. The molecule has 0 amide bonds. The minimum Gasteiger partial charge on any atom is -0.382 e. The first-order chi connectivity index (χ1) is 9.43. The molecule has 3 nitrogen and oxygen atoms in total. The van der Waals surface area contributed by atoms with Crippen molar-refractivity contribution in [2.24, 2.45) is 0 Å². The zero-order valence-corrected chi connectivity index (χ0v) is 12.8. The Morgan fingerprint density at radius 1 is 1.20 bits per heavy atom. The maximum Gasteiger partial charge on any atom is 0.121 e. The van der Waals surface area contributed by atoms with E-state index < -0.39 is 6.10 Å². The van der Waals surface area contributed by atoms with Gasteiger partial charge in [0.25, 0.3) is 0 Å². The Hall–Kier alpha value is -1.61. The van der Waals surface area contributed by atoms with Crippen LogP contribution in [-0.2, 0) is 12.0 Å². The maximum absolute atomic E-state index is 10.5. The molecule has 20 heavy (non-hydrogen) atoms. The number of hydrogen-bond acceptors (Lipinski definition) is 2. The molecule has 1 aromatic carbocycles. The van der Waals surface area contributed by atoms with Crippen molar-refractivity contribution in [2.45, 2.75) is 52.2 Å². The first-order valence-electron chi connectivity index (χ1n) is 7.22. The zero-order chi connectivity index (χ0) is 14.8. The van der Waals surface area contributed by atoms with Crippen LogP contribution in [0, 0.1) is 0 Å². The van der Waals surface area contributed by atoms with Crippen LogP contribution in [0.1, 0.15) is 57.0 Å². The number of aromatic nitrogens is 2. The number of nitrogens with zero attached hydrogens (tertiary/aromatic N) is 2. The number of aliphatic hydroxyl groups is 1. The second-order valence-electron chi connectivity index (χ2n) is 6.29. The molecule has 0 saturated heterocycles. The summed E-state index contributed by atoms with van der Waals surface area (Å²) in [4.78, 5) is 4.15. The topological polar surface area (TPSA) is 38.0 Å². The summed E-state index contributed by atoms with van der Waals surface area (Å²) in [5, 5.41) is 10.5. The second-order valence-corrected chi connectivity index (χ2v) is 6.29. The largest absolute Gasteiger partial charge is 0.382 e. The third kappa shape index (κ3) is 3.10. The Morgan fingerprint density at radius 2 is 1.85 bits per heavy atom. The minimum atomic E-state index is -0.613. The van der Waals surface area contributed by atoms with Gasteiger partial charge in [0.05, 0.1) is 18.2 Å². The summed E-state index contributed by atoms with van der Waals surface area (Å²) >= 11 is 0. The van der Waals surface area contributed by atoms with E-state index in [0.29, 0.717) is 0 Å². The summed E-state index contributed by atoms with van der Waals surface area (Å²) in [6, 6.07) is 8.21. The third-order valence-corrected chi connectivity index (χ3v) is 3.58. The minimum absolute atomic E-state index is 0.132. The van der Waals surface area contributed by atoms with Gasteiger partial charge in [-0.15, -0.1) is 0 Å². The van der Waals surface area contributed by atoms with Crippen molar-refractivity contribution in [3.63, 3.8) is 0 Å². The summed E-state index contributed by atoms with van der Waals surface area (Å²) in [5.41, 5.74) is 3.18. The number of imidazole rings is 1. The van der Waals surface area contributed by atoms with Gasteiger partial charge in [-0.3, -0.25) is 0 Å². The van der Waals surface area contributed by atoms with E-state index in [9.17, 15) is 5.11 Å². The highest BCUT2D eigenvalue weighted by Gasteiger charge is 2.17. The van der Waals surface area contributed by atoms with E-state index in [0.717, 1.165) is 24.2 Å². The molecule has 1 heterocycles. The molecule has 108 valence electrons. The monoisotopic (exact) mass is 272 g/mol. The lowest BCUT2D eigenvalue weighted by Gasteiger charge is -2.20. The smallest absolute Gasteiger partial charge is 0.121 e. The van der Waals surface area contributed by atoms with Crippen molar-refractivity contribution < 1.29 is 5.11 Å². The van der Waals surface area contributed by atoms with Gasteiger partial charge < -0.3 is 9.67 Å². The Bertz CT molecular complexity index is 549. The van der Waals surface area contributed by atoms with Crippen molar-refractivity contribution >= 4 is 0 Å². The molecule has 1 N–H and O–H groups in total. The van der Waals surface area contributed by atoms with Crippen LogP contribution >= 0.6 is 0 Å². The molecule has 0 aliphatic rings. The van der Waals surface area contributed by atoms with Gasteiger partial charge in [0.1, 0.15) is 6.10 Å². The van der Waals surface area contributed by atoms with Crippen LogP contribution in [0.15, 0.2) is 36.8 Å². The highest BCUT2D eigenvalue weighted by molar-refractivity contribution is 5.31. The second kappa shape index (κ2) is 5.80. The van der Waals surface area contributed by atoms with Crippen LogP contribution in [-0.4, -0.2) is 14.7 Å². The van der Waals surface area contributed by atoms with E-state index in [-0.39, 0.29) is 5.41 Å².